The largest absolute Gasteiger partial charge is 0.301 e. The van der Waals surface area contributed by atoms with Crippen molar-refractivity contribution in [2.75, 3.05) is 5.75 Å². The number of aromatic amines is 1. The van der Waals surface area contributed by atoms with Crippen molar-refractivity contribution < 1.29 is 9.18 Å². The van der Waals surface area contributed by atoms with Crippen LogP contribution in [0, 0.1) is 5.82 Å². The van der Waals surface area contributed by atoms with E-state index < -0.39 is 5.82 Å². The van der Waals surface area contributed by atoms with Gasteiger partial charge in [-0.05, 0) is 12.1 Å². The Morgan fingerprint density at radius 1 is 1.39 bits per heavy atom. The van der Waals surface area contributed by atoms with E-state index in [4.69, 9.17) is 0 Å². The van der Waals surface area contributed by atoms with E-state index in [1.54, 1.807) is 6.07 Å². The number of rotatable bonds is 4. The first-order valence-electron chi connectivity index (χ1n) is 5.12. The molecule has 0 aliphatic heterocycles. The molecule has 0 radical (unpaired) electrons. The van der Waals surface area contributed by atoms with Gasteiger partial charge in [0.2, 0.25) is 0 Å². The number of hydrogen-bond acceptors (Lipinski definition) is 4. The number of carbonyl (C=O) groups is 1. The zero-order valence-corrected chi connectivity index (χ0v) is 10.0. The summed E-state index contributed by atoms with van der Waals surface area (Å²) in [4.78, 5) is 29.2. The quantitative estimate of drug-likeness (QED) is 0.520. The lowest BCUT2D eigenvalue weighted by Crippen LogP contribution is -2.08. The molecule has 0 spiro atoms. The van der Waals surface area contributed by atoms with Gasteiger partial charge in [-0.2, -0.15) is 0 Å². The maximum absolute atomic E-state index is 12.9. The number of nitrogens with zero attached hydrogens (tertiary/aromatic N) is 1. The smallest absolute Gasteiger partial charge is 0.251 e. The number of aromatic nitrogens is 2. The Labute approximate surface area is 106 Å². The molecule has 0 aliphatic rings. The number of thioether (sulfide) groups is 1. The van der Waals surface area contributed by atoms with Gasteiger partial charge < -0.3 is 4.98 Å². The maximum atomic E-state index is 12.9. The van der Waals surface area contributed by atoms with Crippen molar-refractivity contribution in [3.63, 3.8) is 0 Å². The molecule has 0 atom stereocenters. The summed E-state index contributed by atoms with van der Waals surface area (Å²) in [5, 5.41) is 0.368. The van der Waals surface area contributed by atoms with Gasteiger partial charge in [0, 0.05) is 17.8 Å². The van der Waals surface area contributed by atoms with Gasteiger partial charge in [0.25, 0.3) is 5.56 Å². The molecule has 6 heteroatoms. The van der Waals surface area contributed by atoms with Crippen LogP contribution in [0.15, 0.2) is 46.5 Å². The first-order chi connectivity index (χ1) is 8.65. The van der Waals surface area contributed by atoms with Crippen LogP contribution in [-0.2, 0) is 0 Å². The van der Waals surface area contributed by atoms with Crippen LogP contribution < -0.4 is 5.56 Å². The van der Waals surface area contributed by atoms with Gasteiger partial charge in [-0.1, -0.05) is 23.9 Å². The number of halogens is 1. The Bertz CT molecular complexity index is 627. The summed E-state index contributed by atoms with van der Waals surface area (Å²) in [7, 11) is 0. The number of nitrogens with one attached hydrogen (secondary N) is 1. The van der Waals surface area contributed by atoms with Crippen LogP contribution in [0.25, 0.3) is 0 Å². The van der Waals surface area contributed by atoms with Crippen molar-refractivity contribution >= 4 is 17.5 Å². The Hall–Kier alpha value is -1.95. The fourth-order valence-corrected chi connectivity index (χ4v) is 2.05. The van der Waals surface area contributed by atoms with E-state index >= 15 is 0 Å². The Balaban J connectivity index is 2.03. The van der Waals surface area contributed by atoms with Crippen LogP contribution in [0.2, 0.25) is 0 Å². The molecule has 0 amide bonds. The molecule has 18 heavy (non-hydrogen) atoms. The Morgan fingerprint density at radius 3 is 2.94 bits per heavy atom. The predicted octanol–water partition coefficient (Wildman–Crippen LogP) is 1.88. The van der Waals surface area contributed by atoms with Gasteiger partial charge in [-0.15, -0.1) is 0 Å². The highest BCUT2D eigenvalue weighted by Gasteiger charge is 2.08. The third-order valence-electron chi connectivity index (χ3n) is 2.13. The van der Waals surface area contributed by atoms with Crippen molar-refractivity contribution in [3.05, 3.63) is 58.3 Å². The van der Waals surface area contributed by atoms with Crippen molar-refractivity contribution in [3.8, 4) is 0 Å². The van der Waals surface area contributed by atoms with E-state index in [9.17, 15) is 14.0 Å². The van der Waals surface area contributed by atoms with Gasteiger partial charge in [0.15, 0.2) is 10.9 Å². The summed E-state index contributed by atoms with van der Waals surface area (Å²) in [6, 6.07) is 6.78. The molecule has 0 fully saturated rings. The summed E-state index contributed by atoms with van der Waals surface area (Å²) in [5.74, 6) is -0.570. The van der Waals surface area contributed by atoms with Crippen molar-refractivity contribution in [2.45, 2.75) is 5.16 Å². The fourth-order valence-electron chi connectivity index (χ4n) is 1.30. The lowest BCUT2D eigenvalue weighted by molar-refractivity contribution is 0.102. The number of H-pyrrole nitrogens is 1. The third kappa shape index (κ3) is 3.27. The average Bonchev–Trinajstić information content (AvgIpc) is 2.36. The van der Waals surface area contributed by atoms with Crippen molar-refractivity contribution in [1.82, 2.24) is 9.97 Å². The molecule has 1 aromatic heterocycles. The molecule has 0 saturated carbocycles. The molecular formula is C12H9FN2O2S. The second-order valence-corrected chi connectivity index (χ2v) is 4.43. The maximum Gasteiger partial charge on any atom is 0.251 e. The van der Waals surface area contributed by atoms with Crippen LogP contribution in [0.5, 0.6) is 0 Å². The summed E-state index contributed by atoms with van der Waals surface area (Å²) in [6.07, 6.45) is 1.37. The second-order valence-electron chi connectivity index (χ2n) is 3.46. The van der Waals surface area contributed by atoms with E-state index in [1.165, 1.54) is 30.5 Å². The number of benzene rings is 1. The van der Waals surface area contributed by atoms with Crippen LogP contribution >= 0.6 is 11.8 Å². The van der Waals surface area contributed by atoms with E-state index in [-0.39, 0.29) is 17.1 Å². The van der Waals surface area contributed by atoms with Crippen LogP contribution in [-0.4, -0.2) is 21.5 Å². The lowest BCUT2D eigenvalue weighted by Gasteiger charge is -2.00. The average molecular weight is 264 g/mol. The van der Waals surface area contributed by atoms with Crippen LogP contribution in [0.3, 0.4) is 0 Å². The van der Waals surface area contributed by atoms with E-state index in [0.717, 1.165) is 11.8 Å². The first-order valence-corrected chi connectivity index (χ1v) is 6.10. The molecule has 4 nitrogen and oxygen atoms in total. The minimum Gasteiger partial charge on any atom is -0.301 e. The van der Waals surface area contributed by atoms with Gasteiger partial charge in [0.05, 0.1) is 5.75 Å². The van der Waals surface area contributed by atoms with Crippen LogP contribution in [0.1, 0.15) is 10.4 Å². The summed E-state index contributed by atoms with van der Waals surface area (Å²) < 4.78 is 12.9. The van der Waals surface area contributed by atoms with Gasteiger partial charge >= 0.3 is 0 Å². The minimum absolute atomic E-state index is 0.0937. The zero-order valence-electron chi connectivity index (χ0n) is 9.22. The SMILES string of the molecule is O=C(CSc1nccc(=O)[nH]1)c1cccc(F)c1. The topological polar surface area (TPSA) is 62.8 Å². The molecular weight excluding hydrogens is 255 g/mol. The number of hydrogen-bond donors (Lipinski definition) is 1. The molecule has 1 aromatic carbocycles. The molecule has 2 aromatic rings. The summed E-state index contributed by atoms with van der Waals surface area (Å²) in [6.45, 7) is 0. The molecule has 1 heterocycles. The molecule has 1 N–H and O–H groups in total. The molecule has 2 rings (SSSR count). The van der Waals surface area contributed by atoms with Crippen molar-refractivity contribution in [2.24, 2.45) is 0 Å². The second kappa shape index (κ2) is 5.59. The number of ketones is 1. The summed E-state index contributed by atoms with van der Waals surface area (Å²) in [5.41, 5.74) is 0.0338. The molecule has 0 bridgehead atoms. The minimum atomic E-state index is -0.447. The predicted molar refractivity (Wildman–Crippen MR) is 66.3 cm³/mol. The summed E-state index contributed by atoms with van der Waals surface area (Å²) >= 11 is 1.10. The van der Waals surface area contributed by atoms with E-state index in [2.05, 4.69) is 9.97 Å². The van der Waals surface area contributed by atoms with Gasteiger partial charge in [0.1, 0.15) is 5.82 Å². The first kappa shape index (κ1) is 12.5. The van der Waals surface area contributed by atoms with Gasteiger partial charge in [-0.3, -0.25) is 9.59 Å². The normalized spacial score (nSPS) is 10.3. The standard InChI is InChI=1S/C12H9FN2O2S/c13-9-3-1-2-8(6-9)10(16)7-18-12-14-5-4-11(17)15-12/h1-6H,7H2,(H,14,15,17). The third-order valence-corrected chi connectivity index (χ3v) is 3.02. The molecule has 0 unspecified atom stereocenters. The highest BCUT2D eigenvalue weighted by Crippen LogP contribution is 2.13. The molecule has 0 aliphatic carbocycles. The molecule has 92 valence electrons. The van der Waals surface area contributed by atoms with E-state index in [0.29, 0.717) is 10.7 Å². The van der Waals surface area contributed by atoms with Gasteiger partial charge in [-0.25, -0.2) is 9.37 Å². The highest BCUT2D eigenvalue weighted by molar-refractivity contribution is 7.99. The monoisotopic (exact) mass is 264 g/mol. The molecule has 0 saturated heterocycles. The number of Topliss-reactive ketones (excluding diaryl/α,β-unsaturated/α-hetero) is 1. The van der Waals surface area contributed by atoms with E-state index in [1.807, 2.05) is 0 Å². The fraction of sp³-hybridized carbons (Fsp3) is 0.0833. The zero-order chi connectivity index (χ0) is 13.0. The van der Waals surface area contributed by atoms with Crippen LogP contribution in [0.4, 0.5) is 4.39 Å². The highest BCUT2D eigenvalue weighted by atomic mass is 32.2. The Morgan fingerprint density at radius 2 is 2.22 bits per heavy atom. The Kier molecular flexibility index (Phi) is 3.88. The number of carbonyl (C=O) groups excluding carboxylic acids is 1. The van der Waals surface area contributed by atoms with Crippen molar-refractivity contribution in [1.29, 1.82) is 0 Å². The lowest BCUT2D eigenvalue weighted by atomic mass is 10.1.